The zero-order valence-electron chi connectivity index (χ0n) is 8.66. The van der Waals surface area contributed by atoms with Gasteiger partial charge in [-0.25, -0.2) is 12.7 Å². The van der Waals surface area contributed by atoms with E-state index in [1.807, 2.05) is 0 Å². The highest BCUT2D eigenvalue weighted by atomic mass is 32.2. The van der Waals surface area contributed by atoms with E-state index in [1.54, 1.807) is 11.4 Å². The Morgan fingerprint density at radius 1 is 1.46 bits per heavy atom. The van der Waals surface area contributed by atoms with Crippen molar-refractivity contribution in [3.05, 3.63) is 0 Å². The fraction of sp³-hybridized carbons (Fsp3) is 1.00. The minimum atomic E-state index is -2.89. The molecule has 1 rings (SSSR count). The number of hydrogen-bond donors (Lipinski definition) is 0. The van der Waals surface area contributed by atoms with Crippen LogP contribution < -0.4 is 0 Å². The van der Waals surface area contributed by atoms with Gasteiger partial charge in [-0.05, 0) is 25.2 Å². The number of hydrogen-bond acceptors (Lipinski definition) is 2. The first-order chi connectivity index (χ1) is 5.93. The van der Waals surface area contributed by atoms with Crippen molar-refractivity contribution in [1.82, 2.24) is 4.31 Å². The Kier molecular flexibility index (Phi) is 3.35. The maximum absolute atomic E-state index is 11.3. The average molecular weight is 205 g/mol. The van der Waals surface area contributed by atoms with Crippen molar-refractivity contribution in [1.29, 1.82) is 0 Å². The maximum atomic E-state index is 11.3. The van der Waals surface area contributed by atoms with Crippen LogP contribution in [0.5, 0.6) is 0 Å². The number of nitrogens with zero attached hydrogens (tertiary/aromatic N) is 1. The SMILES string of the molecule is CC(C)CCC1CCS(=O)(=O)N1C. The Labute approximate surface area is 81.2 Å². The van der Waals surface area contributed by atoms with Crippen LogP contribution in [0.1, 0.15) is 33.1 Å². The van der Waals surface area contributed by atoms with E-state index in [0.717, 1.165) is 19.3 Å². The van der Waals surface area contributed by atoms with E-state index >= 15 is 0 Å². The Morgan fingerprint density at radius 2 is 2.08 bits per heavy atom. The normalized spacial score (nSPS) is 28.5. The molecule has 1 heterocycles. The molecule has 0 amide bonds. The largest absolute Gasteiger partial charge is 0.214 e. The van der Waals surface area contributed by atoms with Crippen LogP contribution in [0.4, 0.5) is 0 Å². The van der Waals surface area contributed by atoms with Gasteiger partial charge in [0.05, 0.1) is 5.75 Å². The minimum Gasteiger partial charge on any atom is -0.212 e. The fourth-order valence-corrected chi connectivity index (χ4v) is 3.21. The second-order valence-corrected chi connectivity index (χ2v) is 6.39. The van der Waals surface area contributed by atoms with Crippen LogP contribution in [0.15, 0.2) is 0 Å². The molecule has 0 aromatic heterocycles. The van der Waals surface area contributed by atoms with Crippen molar-refractivity contribution in [3.63, 3.8) is 0 Å². The van der Waals surface area contributed by atoms with Crippen LogP contribution >= 0.6 is 0 Å². The third-order valence-electron chi connectivity index (χ3n) is 2.74. The van der Waals surface area contributed by atoms with E-state index in [4.69, 9.17) is 0 Å². The van der Waals surface area contributed by atoms with E-state index in [0.29, 0.717) is 11.7 Å². The molecule has 0 bridgehead atoms. The molecule has 1 saturated heterocycles. The molecule has 3 nitrogen and oxygen atoms in total. The van der Waals surface area contributed by atoms with Gasteiger partial charge in [0.1, 0.15) is 0 Å². The standard InChI is InChI=1S/C9H19NO2S/c1-8(2)4-5-9-6-7-13(11,12)10(9)3/h8-9H,4-7H2,1-3H3. The average Bonchev–Trinajstić information content (AvgIpc) is 2.25. The maximum Gasteiger partial charge on any atom is 0.214 e. The lowest BCUT2D eigenvalue weighted by molar-refractivity contribution is 0.351. The zero-order valence-corrected chi connectivity index (χ0v) is 9.47. The molecule has 13 heavy (non-hydrogen) atoms. The first-order valence-corrected chi connectivity index (χ1v) is 6.50. The molecule has 0 aliphatic carbocycles. The second-order valence-electron chi connectivity index (χ2n) is 4.25. The molecule has 0 aromatic rings. The third-order valence-corrected chi connectivity index (χ3v) is 4.67. The molecular weight excluding hydrogens is 186 g/mol. The molecule has 1 fully saturated rings. The van der Waals surface area contributed by atoms with Crippen molar-refractivity contribution in [2.24, 2.45) is 5.92 Å². The van der Waals surface area contributed by atoms with E-state index in [2.05, 4.69) is 13.8 Å². The second kappa shape index (κ2) is 3.96. The Bertz CT molecular complexity index is 259. The highest BCUT2D eigenvalue weighted by molar-refractivity contribution is 7.89. The van der Waals surface area contributed by atoms with Crippen molar-refractivity contribution in [3.8, 4) is 0 Å². The van der Waals surface area contributed by atoms with Gasteiger partial charge in [0.2, 0.25) is 10.0 Å². The molecule has 0 N–H and O–H groups in total. The molecule has 1 unspecified atom stereocenters. The highest BCUT2D eigenvalue weighted by Crippen LogP contribution is 2.23. The summed E-state index contributed by atoms with van der Waals surface area (Å²) < 4.78 is 24.2. The van der Waals surface area contributed by atoms with Gasteiger partial charge in [-0.2, -0.15) is 0 Å². The van der Waals surface area contributed by atoms with Crippen LogP contribution in [0.3, 0.4) is 0 Å². The quantitative estimate of drug-likeness (QED) is 0.699. The molecule has 1 aliphatic rings. The van der Waals surface area contributed by atoms with Gasteiger partial charge in [-0.1, -0.05) is 13.8 Å². The summed E-state index contributed by atoms with van der Waals surface area (Å²) in [5.74, 6) is 1.00. The molecule has 0 aromatic carbocycles. The van der Waals surface area contributed by atoms with E-state index < -0.39 is 10.0 Å². The molecule has 0 spiro atoms. The Balaban J connectivity index is 2.47. The summed E-state index contributed by atoms with van der Waals surface area (Å²) in [5.41, 5.74) is 0. The summed E-state index contributed by atoms with van der Waals surface area (Å²) in [6.07, 6.45) is 2.93. The summed E-state index contributed by atoms with van der Waals surface area (Å²) in [7, 11) is -1.19. The van der Waals surface area contributed by atoms with Crippen LogP contribution in [0.2, 0.25) is 0 Å². The van der Waals surface area contributed by atoms with Crippen molar-refractivity contribution >= 4 is 10.0 Å². The van der Waals surface area contributed by atoms with Gasteiger partial charge in [0.15, 0.2) is 0 Å². The third kappa shape index (κ3) is 2.68. The van der Waals surface area contributed by atoms with Gasteiger partial charge in [-0.3, -0.25) is 0 Å². The summed E-state index contributed by atoms with van der Waals surface area (Å²) in [6, 6.07) is 0.257. The summed E-state index contributed by atoms with van der Waals surface area (Å²) >= 11 is 0. The molecule has 0 radical (unpaired) electrons. The molecule has 1 atom stereocenters. The van der Waals surface area contributed by atoms with Crippen LogP contribution in [0.25, 0.3) is 0 Å². The first kappa shape index (κ1) is 11.0. The van der Waals surface area contributed by atoms with Crippen LogP contribution in [-0.4, -0.2) is 31.6 Å². The molecule has 4 heteroatoms. The Morgan fingerprint density at radius 3 is 2.46 bits per heavy atom. The number of sulfonamides is 1. The van der Waals surface area contributed by atoms with Gasteiger partial charge in [-0.15, -0.1) is 0 Å². The van der Waals surface area contributed by atoms with E-state index in [1.165, 1.54) is 0 Å². The van der Waals surface area contributed by atoms with Gasteiger partial charge < -0.3 is 0 Å². The summed E-state index contributed by atoms with van der Waals surface area (Å²) in [4.78, 5) is 0. The number of rotatable bonds is 3. The van der Waals surface area contributed by atoms with E-state index in [9.17, 15) is 8.42 Å². The summed E-state index contributed by atoms with van der Waals surface area (Å²) in [6.45, 7) is 4.34. The van der Waals surface area contributed by atoms with Gasteiger partial charge in [0.25, 0.3) is 0 Å². The molecular formula is C9H19NO2S. The van der Waals surface area contributed by atoms with Crippen LogP contribution in [-0.2, 0) is 10.0 Å². The zero-order chi connectivity index (χ0) is 10.1. The van der Waals surface area contributed by atoms with Crippen LogP contribution in [0, 0.1) is 5.92 Å². The van der Waals surface area contributed by atoms with Gasteiger partial charge >= 0.3 is 0 Å². The predicted octanol–water partition coefficient (Wildman–Crippen LogP) is 1.46. The van der Waals surface area contributed by atoms with E-state index in [-0.39, 0.29) is 6.04 Å². The molecule has 1 aliphatic heterocycles. The molecule has 0 saturated carbocycles. The lowest BCUT2D eigenvalue weighted by Gasteiger charge is -2.18. The fourth-order valence-electron chi connectivity index (χ4n) is 1.69. The monoisotopic (exact) mass is 205 g/mol. The highest BCUT2D eigenvalue weighted by Gasteiger charge is 2.33. The van der Waals surface area contributed by atoms with Gasteiger partial charge in [0, 0.05) is 13.1 Å². The van der Waals surface area contributed by atoms with Crippen molar-refractivity contribution < 1.29 is 8.42 Å². The van der Waals surface area contributed by atoms with Crippen molar-refractivity contribution in [2.45, 2.75) is 39.2 Å². The van der Waals surface area contributed by atoms with Crippen molar-refractivity contribution in [2.75, 3.05) is 12.8 Å². The first-order valence-electron chi connectivity index (χ1n) is 4.89. The topological polar surface area (TPSA) is 37.4 Å². The molecule has 78 valence electrons. The minimum absolute atomic E-state index is 0.257. The lowest BCUT2D eigenvalue weighted by atomic mass is 10.0. The predicted molar refractivity (Wildman–Crippen MR) is 54.0 cm³/mol. The smallest absolute Gasteiger partial charge is 0.212 e. The lowest BCUT2D eigenvalue weighted by Crippen LogP contribution is -2.29. The Hall–Kier alpha value is -0.0900. The summed E-state index contributed by atoms with van der Waals surface area (Å²) in [5, 5.41) is 0.